The highest BCUT2D eigenvalue weighted by Gasteiger charge is 2.32. The summed E-state index contributed by atoms with van der Waals surface area (Å²) in [5.41, 5.74) is 0. The third-order valence-corrected chi connectivity index (χ3v) is 4.49. The average molecular weight is 304 g/mol. The number of anilines is 1. The molecule has 120 valence electrons. The summed E-state index contributed by atoms with van der Waals surface area (Å²) in [4.78, 5) is 22.7. The fraction of sp³-hybridized carbons (Fsp3) is 0.688. The van der Waals surface area contributed by atoms with E-state index in [1.807, 2.05) is 17.9 Å². The normalized spacial score (nSPS) is 22.0. The molecule has 0 spiro atoms. The molecule has 1 amide bonds. The standard InChI is InChI=1S/C16H24N4O2/c1-2-22-15-9-14(17-11-18-15)19-13-7-8-20(10-13)16(21)12-5-3-4-6-12/h9,11-13H,2-8,10H2,1H3,(H,17,18,19)/t13-/m1/s1. The fourth-order valence-corrected chi connectivity index (χ4v) is 3.36. The topological polar surface area (TPSA) is 67.3 Å². The van der Waals surface area contributed by atoms with Crippen molar-refractivity contribution in [2.45, 2.75) is 45.1 Å². The van der Waals surface area contributed by atoms with E-state index in [-0.39, 0.29) is 12.0 Å². The molecule has 1 atom stereocenters. The van der Waals surface area contributed by atoms with Gasteiger partial charge in [-0.15, -0.1) is 0 Å². The number of hydrogen-bond donors (Lipinski definition) is 1. The largest absolute Gasteiger partial charge is 0.478 e. The Hall–Kier alpha value is -1.85. The zero-order valence-corrected chi connectivity index (χ0v) is 13.1. The molecule has 2 aliphatic rings. The number of likely N-dealkylation sites (tertiary alicyclic amines) is 1. The molecule has 1 aliphatic carbocycles. The Morgan fingerprint density at radius 1 is 1.36 bits per heavy atom. The molecule has 6 heteroatoms. The predicted molar refractivity (Wildman–Crippen MR) is 83.8 cm³/mol. The number of carbonyl (C=O) groups is 1. The number of ether oxygens (including phenoxy) is 1. The molecule has 1 N–H and O–H groups in total. The number of amides is 1. The number of aromatic nitrogens is 2. The summed E-state index contributed by atoms with van der Waals surface area (Å²) < 4.78 is 5.38. The molecule has 1 aromatic heterocycles. The predicted octanol–water partition coefficient (Wildman–Crippen LogP) is 2.08. The number of nitrogens with one attached hydrogen (secondary N) is 1. The minimum atomic E-state index is 0.259. The third-order valence-electron chi connectivity index (χ3n) is 4.49. The number of hydrogen-bond acceptors (Lipinski definition) is 5. The van der Waals surface area contributed by atoms with Gasteiger partial charge in [-0.05, 0) is 26.2 Å². The lowest BCUT2D eigenvalue weighted by Gasteiger charge is -2.20. The highest BCUT2D eigenvalue weighted by molar-refractivity contribution is 5.79. The number of rotatable bonds is 5. The number of carbonyl (C=O) groups excluding carboxylic acids is 1. The first-order chi connectivity index (χ1) is 10.8. The lowest BCUT2D eigenvalue weighted by atomic mass is 10.1. The lowest BCUT2D eigenvalue weighted by Crippen LogP contribution is -2.35. The summed E-state index contributed by atoms with van der Waals surface area (Å²) in [6.07, 6.45) is 7.00. The average Bonchev–Trinajstić information content (AvgIpc) is 3.19. The van der Waals surface area contributed by atoms with E-state index >= 15 is 0 Å². The van der Waals surface area contributed by atoms with Crippen LogP contribution in [0.15, 0.2) is 12.4 Å². The van der Waals surface area contributed by atoms with Gasteiger partial charge in [0, 0.05) is 31.1 Å². The first-order valence-electron chi connectivity index (χ1n) is 8.26. The van der Waals surface area contributed by atoms with Crippen LogP contribution in [0.1, 0.15) is 39.0 Å². The van der Waals surface area contributed by atoms with E-state index in [9.17, 15) is 4.79 Å². The van der Waals surface area contributed by atoms with Crippen molar-refractivity contribution in [1.82, 2.24) is 14.9 Å². The second-order valence-corrected chi connectivity index (χ2v) is 6.07. The molecule has 1 aromatic rings. The second-order valence-electron chi connectivity index (χ2n) is 6.07. The SMILES string of the molecule is CCOc1cc(N[C@@H]2CCN(C(=O)C3CCCC3)C2)ncn1. The van der Waals surface area contributed by atoms with Gasteiger partial charge in [0.2, 0.25) is 11.8 Å². The quantitative estimate of drug-likeness (QED) is 0.902. The van der Waals surface area contributed by atoms with E-state index in [1.165, 1.54) is 19.2 Å². The monoisotopic (exact) mass is 304 g/mol. The Bertz CT molecular complexity index is 517. The molecular formula is C16H24N4O2. The van der Waals surface area contributed by atoms with Crippen LogP contribution in [0.4, 0.5) is 5.82 Å². The Balaban J connectivity index is 1.54. The van der Waals surface area contributed by atoms with Crippen molar-refractivity contribution in [3.05, 3.63) is 12.4 Å². The van der Waals surface area contributed by atoms with Crippen molar-refractivity contribution in [3.63, 3.8) is 0 Å². The molecule has 0 aromatic carbocycles. The van der Waals surface area contributed by atoms with Crippen molar-refractivity contribution < 1.29 is 9.53 Å². The Morgan fingerprint density at radius 3 is 2.95 bits per heavy atom. The Labute approximate surface area is 131 Å². The number of nitrogens with zero attached hydrogens (tertiary/aromatic N) is 3. The Morgan fingerprint density at radius 2 is 2.18 bits per heavy atom. The van der Waals surface area contributed by atoms with Crippen LogP contribution in [0.5, 0.6) is 5.88 Å². The third kappa shape index (κ3) is 3.48. The maximum absolute atomic E-state index is 12.4. The molecule has 22 heavy (non-hydrogen) atoms. The Kier molecular flexibility index (Phi) is 4.75. The van der Waals surface area contributed by atoms with Gasteiger partial charge in [-0.3, -0.25) is 4.79 Å². The van der Waals surface area contributed by atoms with Crippen molar-refractivity contribution in [1.29, 1.82) is 0 Å². The van der Waals surface area contributed by atoms with Gasteiger partial charge < -0.3 is 15.0 Å². The van der Waals surface area contributed by atoms with E-state index in [4.69, 9.17) is 4.74 Å². The summed E-state index contributed by atoms with van der Waals surface area (Å²) in [5, 5.41) is 3.39. The van der Waals surface area contributed by atoms with Crippen LogP contribution in [0.25, 0.3) is 0 Å². The van der Waals surface area contributed by atoms with Crippen LogP contribution in [-0.4, -0.2) is 46.5 Å². The summed E-state index contributed by atoms with van der Waals surface area (Å²) >= 11 is 0. The van der Waals surface area contributed by atoms with E-state index < -0.39 is 0 Å². The first kappa shape index (κ1) is 15.1. The van der Waals surface area contributed by atoms with Crippen molar-refractivity contribution in [2.24, 2.45) is 5.92 Å². The van der Waals surface area contributed by atoms with Crippen molar-refractivity contribution in [2.75, 3.05) is 25.0 Å². The molecule has 0 unspecified atom stereocenters. The minimum Gasteiger partial charge on any atom is -0.478 e. The molecule has 6 nitrogen and oxygen atoms in total. The molecule has 0 radical (unpaired) electrons. The molecule has 1 aliphatic heterocycles. The van der Waals surface area contributed by atoms with Gasteiger partial charge in [0.05, 0.1) is 6.61 Å². The van der Waals surface area contributed by atoms with Crippen molar-refractivity contribution >= 4 is 11.7 Å². The summed E-state index contributed by atoms with van der Waals surface area (Å²) in [7, 11) is 0. The maximum atomic E-state index is 12.4. The first-order valence-corrected chi connectivity index (χ1v) is 8.26. The van der Waals surface area contributed by atoms with Crippen LogP contribution < -0.4 is 10.1 Å². The molecule has 2 fully saturated rings. The van der Waals surface area contributed by atoms with Gasteiger partial charge in [0.15, 0.2) is 0 Å². The van der Waals surface area contributed by atoms with Gasteiger partial charge in [0.25, 0.3) is 0 Å². The summed E-state index contributed by atoms with van der Waals surface area (Å²) in [5.74, 6) is 1.96. The maximum Gasteiger partial charge on any atom is 0.225 e. The summed E-state index contributed by atoms with van der Waals surface area (Å²) in [6, 6.07) is 2.07. The molecule has 1 saturated carbocycles. The van der Waals surface area contributed by atoms with Gasteiger partial charge >= 0.3 is 0 Å². The van der Waals surface area contributed by atoms with Crippen LogP contribution >= 0.6 is 0 Å². The van der Waals surface area contributed by atoms with Crippen LogP contribution in [0.3, 0.4) is 0 Å². The molecule has 3 rings (SSSR count). The lowest BCUT2D eigenvalue weighted by molar-refractivity contribution is -0.134. The van der Waals surface area contributed by atoms with Gasteiger partial charge in [-0.25, -0.2) is 9.97 Å². The highest BCUT2D eigenvalue weighted by Crippen LogP contribution is 2.28. The van der Waals surface area contributed by atoms with Crippen LogP contribution in [-0.2, 0) is 4.79 Å². The second kappa shape index (κ2) is 6.94. The van der Waals surface area contributed by atoms with E-state index in [2.05, 4.69) is 15.3 Å². The molecular weight excluding hydrogens is 280 g/mol. The molecule has 0 bridgehead atoms. The smallest absolute Gasteiger partial charge is 0.225 e. The minimum absolute atomic E-state index is 0.259. The zero-order chi connectivity index (χ0) is 15.4. The molecule has 1 saturated heterocycles. The van der Waals surface area contributed by atoms with Crippen LogP contribution in [0, 0.1) is 5.92 Å². The highest BCUT2D eigenvalue weighted by atomic mass is 16.5. The van der Waals surface area contributed by atoms with E-state index in [0.29, 0.717) is 18.4 Å². The zero-order valence-electron chi connectivity index (χ0n) is 13.1. The molecule has 2 heterocycles. The fourth-order valence-electron chi connectivity index (χ4n) is 3.36. The van der Waals surface area contributed by atoms with E-state index in [0.717, 1.165) is 38.2 Å². The van der Waals surface area contributed by atoms with E-state index in [1.54, 1.807) is 0 Å². The van der Waals surface area contributed by atoms with Crippen LogP contribution in [0.2, 0.25) is 0 Å². The van der Waals surface area contributed by atoms with Gasteiger partial charge in [-0.1, -0.05) is 12.8 Å². The summed E-state index contributed by atoms with van der Waals surface area (Å²) in [6.45, 7) is 4.13. The van der Waals surface area contributed by atoms with Gasteiger partial charge in [0.1, 0.15) is 12.1 Å². The van der Waals surface area contributed by atoms with Gasteiger partial charge in [-0.2, -0.15) is 0 Å². The van der Waals surface area contributed by atoms with Crippen molar-refractivity contribution in [3.8, 4) is 5.88 Å².